The normalized spacial score (nSPS) is 19.0. The fourth-order valence-electron chi connectivity index (χ4n) is 8.39. The monoisotopic (exact) mass is 1060 g/mol. The second-order valence-corrected chi connectivity index (χ2v) is 19.9. The number of methoxy groups -OCH3 is 2. The summed E-state index contributed by atoms with van der Waals surface area (Å²) in [4.78, 5) is 0. The van der Waals surface area contributed by atoms with Gasteiger partial charge in [-0.3, -0.25) is 18.1 Å². The molecule has 0 saturated heterocycles. The molecular formula is C62H62O12P2. The fraction of sp³-hybridized carbons (Fsp3) is 0.226. The van der Waals surface area contributed by atoms with E-state index in [4.69, 9.17) is 55.6 Å². The van der Waals surface area contributed by atoms with Crippen molar-refractivity contribution in [2.24, 2.45) is 0 Å². The molecule has 0 aliphatic heterocycles. The SMILES string of the molecule is COc1ccc(OP(OCc2ccccc2)O[C@@H]2[C@@H](OCc3ccccc3)[C@H](OCc3ccccc3)[C@@H](OCc3ccccc3)[C@H](OCc3ccccc3)[C@@H]2OP(OCc2ccccc2)Oc2ccc(OC)cc2)cc1. The molecule has 0 aromatic heterocycles. The average Bonchev–Trinajstić information content (AvgIpc) is 3.51. The largest absolute Gasteiger partial charge is 0.497 e. The molecule has 1 aliphatic rings. The molecular weight excluding hydrogens is 999 g/mol. The van der Waals surface area contributed by atoms with E-state index in [-0.39, 0.29) is 39.6 Å². The first-order chi connectivity index (χ1) is 37.6. The van der Waals surface area contributed by atoms with Gasteiger partial charge in [0.1, 0.15) is 59.6 Å². The third kappa shape index (κ3) is 16.3. The van der Waals surface area contributed by atoms with Crippen molar-refractivity contribution < 1.29 is 55.6 Å². The molecule has 0 heterocycles. The molecule has 392 valence electrons. The molecule has 12 nitrogen and oxygen atoms in total. The molecule has 8 aromatic carbocycles. The summed E-state index contributed by atoms with van der Waals surface area (Å²) < 4.78 is 81.7. The van der Waals surface area contributed by atoms with Crippen molar-refractivity contribution in [1.82, 2.24) is 0 Å². The van der Waals surface area contributed by atoms with E-state index >= 15 is 0 Å². The van der Waals surface area contributed by atoms with Gasteiger partial charge in [0.05, 0.1) is 53.9 Å². The fourth-order valence-corrected chi connectivity index (χ4v) is 10.7. The maximum absolute atomic E-state index is 7.41. The summed E-state index contributed by atoms with van der Waals surface area (Å²) >= 11 is 0. The minimum Gasteiger partial charge on any atom is -0.497 e. The van der Waals surface area contributed by atoms with E-state index in [2.05, 4.69) is 0 Å². The Morgan fingerprint density at radius 2 is 0.487 bits per heavy atom. The molecule has 0 radical (unpaired) electrons. The molecule has 1 aliphatic carbocycles. The van der Waals surface area contributed by atoms with Crippen LogP contribution in [0.5, 0.6) is 23.0 Å². The van der Waals surface area contributed by atoms with Crippen molar-refractivity contribution in [3.05, 3.63) is 264 Å². The summed E-state index contributed by atoms with van der Waals surface area (Å²) in [6.07, 6.45) is -5.75. The first-order valence-electron chi connectivity index (χ1n) is 25.1. The van der Waals surface area contributed by atoms with Crippen molar-refractivity contribution in [3.63, 3.8) is 0 Å². The highest BCUT2D eigenvalue weighted by atomic mass is 31.2. The number of benzene rings is 8. The lowest BCUT2D eigenvalue weighted by Gasteiger charge is -2.49. The second-order valence-electron chi connectivity index (χ2n) is 17.7. The lowest BCUT2D eigenvalue weighted by molar-refractivity contribution is -0.266. The average molecular weight is 1060 g/mol. The topological polar surface area (TPSA) is 111 Å². The molecule has 0 spiro atoms. The predicted molar refractivity (Wildman–Crippen MR) is 293 cm³/mol. The van der Waals surface area contributed by atoms with E-state index in [1.807, 2.05) is 231 Å². The van der Waals surface area contributed by atoms with Crippen LogP contribution in [0.25, 0.3) is 0 Å². The summed E-state index contributed by atoms with van der Waals surface area (Å²) in [5.41, 5.74) is 5.59. The van der Waals surface area contributed by atoms with Crippen molar-refractivity contribution in [1.29, 1.82) is 0 Å². The van der Waals surface area contributed by atoms with Crippen LogP contribution in [-0.4, -0.2) is 50.8 Å². The van der Waals surface area contributed by atoms with Crippen molar-refractivity contribution in [2.45, 2.75) is 76.3 Å². The molecule has 0 N–H and O–H groups in total. The standard InChI is InChI=1S/C62H62O12P2/c1-63-53-33-37-55(38-34-53)71-75(69-45-51-29-17-7-18-30-51)73-61-59(67-43-49-25-13-5-14-26-49)57(65-41-47-21-9-3-10-22-47)58(66-42-48-23-11-4-12-24-48)60(68-44-50-27-15-6-16-28-50)62(61)74-76(70-46-52-31-19-8-20-32-52)72-56-39-35-54(64-2)36-40-56/h3-40,57-62H,41-46H2,1-2H3/t57-,58-,59+,60+,61-,62+,75?,76?/m1/s1. The molecule has 76 heavy (non-hydrogen) atoms. The molecule has 8 atom stereocenters. The van der Waals surface area contributed by atoms with Gasteiger partial charge < -0.3 is 37.5 Å². The van der Waals surface area contributed by atoms with Crippen molar-refractivity contribution in [3.8, 4) is 23.0 Å². The van der Waals surface area contributed by atoms with Crippen LogP contribution in [0.3, 0.4) is 0 Å². The number of rotatable bonds is 28. The zero-order valence-electron chi connectivity index (χ0n) is 42.4. The zero-order chi connectivity index (χ0) is 52.0. The van der Waals surface area contributed by atoms with Crippen LogP contribution < -0.4 is 18.5 Å². The summed E-state index contributed by atoms with van der Waals surface area (Å²) in [5, 5.41) is 0. The van der Waals surface area contributed by atoms with Gasteiger partial charge in [-0.05, 0) is 81.9 Å². The van der Waals surface area contributed by atoms with Gasteiger partial charge in [-0.2, -0.15) is 0 Å². The van der Waals surface area contributed by atoms with Crippen LogP contribution in [0.15, 0.2) is 231 Å². The zero-order valence-corrected chi connectivity index (χ0v) is 44.2. The number of ether oxygens (including phenoxy) is 6. The van der Waals surface area contributed by atoms with E-state index < -0.39 is 53.8 Å². The molecule has 14 heteroatoms. The van der Waals surface area contributed by atoms with Crippen LogP contribution in [0.1, 0.15) is 33.4 Å². The highest BCUT2D eigenvalue weighted by Gasteiger charge is 2.57. The van der Waals surface area contributed by atoms with Crippen LogP contribution in [-0.2, 0) is 76.7 Å². The molecule has 9 rings (SSSR count). The van der Waals surface area contributed by atoms with Crippen molar-refractivity contribution >= 4 is 17.2 Å². The number of hydrogen-bond donors (Lipinski definition) is 0. The summed E-state index contributed by atoms with van der Waals surface area (Å²) in [6, 6.07) is 74.2. The lowest BCUT2D eigenvalue weighted by atomic mass is 9.84. The van der Waals surface area contributed by atoms with E-state index in [0.29, 0.717) is 23.0 Å². The molecule has 2 unspecified atom stereocenters. The minimum absolute atomic E-state index is 0.161. The number of hydrogen-bond acceptors (Lipinski definition) is 12. The Bertz CT molecular complexity index is 2650. The Morgan fingerprint density at radius 1 is 0.263 bits per heavy atom. The van der Waals surface area contributed by atoms with Gasteiger partial charge in [0.25, 0.3) is 0 Å². The molecule has 0 bridgehead atoms. The highest BCUT2D eigenvalue weighted by Crippen LogP contribution is 2.52. The second kappa shape index (κ2) is 29.1. The minimum atomic E-state index is -2.28. The Kier molecular flexibility index (Phi) is 20.8. The third-order valence-electron chi connectivity index (χ3n) is 12.3. The van der Waals surface area contributed by atoms with Crippen LogP contribution >= 0.6 is 17.2 Å². The quantitative estimate of drug-likeness (QED) is 0.0436. The first-order valence-corrected chi connectivity index (χ1v) is 27.3. The molecule has 1 fully saturated rings. The predicted octanol–water partition coefficient (Wildman–Crippen LogP) is 14.2. The van der Waals surface area contributed by atoms with Gasteiger partial charge in [0, 0.05) is 0 Å². The Hall–Kier alpha value is -6.50. The molecule has 8 aromatic rings. The summed E-state index contributed by atoms with van der Waals surface area (Å²) in [6.45, 7) is 1.09. The van der Waals surface area contributed by atoms with E-state index in [1.165, 1.54) is 0 Å². The maximum Gasteiger partial charge on any atom is 0.398 e. The van der Waals surface area contributed by atoms with Crippen LogP contribution in [0.2, 0.25) is 0 Å². The van der Waals surface area contributed by atoms with Gasteiger partial charge in [-0.15, -0.1) is 0 Å². The Labute approximate surface area is 448 Å². The van der Waals surface area contributed by atoms with E-state index in [9.17, 15) is 0 Å². The smallest absolute Gasteiger partial charge is 0.398 e. The Morgan fingerprint density at radius 3 is 0.737 bits per heavy atom. The van der Waals surface area contributed by atoms with Gasteiger partial charge >= 0.3 is 17.2 Å². The Balaban J connectivity index is 1.19. The van der Waals surface area contributed by atoms with Crippen LogP contribution in [0.4, 0.5) is 0 Å². The van der Waals surface area contributed by atoms with Crippen LogP contribution in [0, 0.1) is 0 Å². The molecule has 0 amide bonds. The lowest BCUT2D eigenvalue weighted by Crippen LogP contribution is -2.67. The van der Waals surface area contributed by atoms with Gasteiger partial charge in [-0.25, -0.2) is 0 Å². The maximum atomic E-state index is 7.41. The van der Waals surface area contributed by atoms with E-state index in [0.717, 1.165) is 33.4 Å². The van der Waals surface area contributed by atoms with Gasteiger partial charge in [-0.1, -0.05) is 182 Å². The van der Waals surface area contributed by atoms with E-state index in [1.54, 1.807) is 14.2 Å². The first kappa shape index (κ1) is 54.3. The molecule has 1 saturated carbocycles. The van der Waals surface area contributed by atoms with Gasteiger partial charge in [0.15, 0.2) is 0 Å². The third-order valence-corrected chi connectivity index (χ3v) is 14.6. The summed E-state index contributed by atoms with van der Waals surface area (Å²) in [5.74, 6) is 2.31. The highest BCUT2D eigenvalue weighted by molar-refractivity contribution is 7.42. The summed E-state index contributed by atoms with van der Waals surface area (Å²) in [7, 11) is -1.33. The van der Waals surface area contributed by atoms with Gasteiger partial charge in [0.2, 0.25) is 0 Å². The van der Waals surface area contributed by atoms with Crippen molar-refractivity contribution in [2.75, 3.05) is 14.2 Å².